The van der Waals surface area contributed by atoms with Crippen LogP contribution in [0.5, 0.6) is 0 Å². The Labute approximate surface area is 209 Å². The summed E-state index contributed by atoms with van der Waals surface area (Å²) in [5.74, 6) is -0.777. The highest BCUT2D eigenvalue weighted by molar-refractivity contribution is 7.15. The van der Waals surface area contributed by atoms with Gasteiger partial charge in [-0.2, -0.15) is 5.26 Å². The van der Waals surface area contributed by atoms with Crippen LogP contribution in [-0.4, -0.2) is 23.6 Å². The first-order valence-corrected chi connectivity index (χ1v) is 12.5. The lowest BCUT2D eigenvalue weighted by Crippen LogP contribution is -2.14. The molecule has 35 heavy (non-hydrogen) atoms. The Morgan fingerprint density at radius 1 is 1.14 bits per heavy atom. The number of methoxy groups -OCH3 is 1. The number of thiophene rings is 1. The fourth-order valence-corrected chi connectivity index (χ4v) is 6.20. The summed E-state index contributed by atoms with van der Waals surface area (Å²) in [7, 11) is 1.41. The maximum absolute atomic E-state index is 12.9. The molecule has 0 unspecified atom stereocenters. The lowest BCUT2D eigenvalue weighted by Gasteiger charge is -2.13. The number of rotatable bonds is 5. The monoisotopic (exact) mass is 487 g/mol. The molecule has 1 aliphatic carbocycles. The van der Waals surface area contributed by atoms with Crippen molar-refractivity contribution in [1.82, 2.24) is 4.57 Å². The van der Waals surface area contributed by atoms with Crippen molar-refractivity contribution in [2.45, 2.75) is 53.4 Å². The molecule has 4 rings (SSSR count). The number of aromatic nitrogens is 1. The number of nitriles is 1. The van der Waals surface area contributed by atoms with E-state index in [0.717, 1.165) is 64.3 Å². The molecule has 0 fully saturated rings. The molecular formula is C28H29N3O3S. The van der Waals surface area contributed by atoms with Crippen molar-refractivity contribution in [3.63, 3.8) is 0 Å². The Hall–Kier alpha value is -3.63. The molecule has 1 aromatic carbocycles. The van der Waals surface area contributed by atoms with Crippen LogP contribution >= 0.6 is 11.3 Å². The fraction of sp³-hybridized carbons (Fsp3) is 0.321. The van der Waals surface area contributed by atoms with Crippen LogP contribution in [0.25, 0.3) is 11.1 Å². The van der Waals surface area contributed by atoms with Crippen molar-refractivity contribution in [2.24, 2.45) is 0 Å². The number of nitrogens with one attached hydrogen (secondary N) is 1. The van der Waals surface area contributed by atoms with Crippen molar-refractivity contribution in [3.8, 4) is 11.1 Å². The molecule has 0 radical (unpaired) electrons. The summed E-state index contributed by atoms with van der Waals surface area (Å²) in [6.45, 7) is 7.82. The number of ether oxygens (including phenoxy) is 1. The number of anilines is 1. The van der Waals surface area contributed by atoms with Gasteiger partial charge in [-0.15, -0.1) is 11.3 Å². The van der Waals surface area contributed by atoms with Crippen LogP contribution in [0.1, 0.15) is 61.7 Å². The van der Waals surface area contributed by atoms with Gasteiger partial charge >= 0.3 is 5.97 Å². The van der Waals surface area contributed by atoms with E-state index in [9.17, 15) is 14.9 Å². The Morgan fingerprint density at radius 2 is 1.89 bits per heavy atom. The number of carbonyl (C=O) groups is 2. The van der Waals surface area contributed by atoms with Crippen molar-refractivity contribution >= 4 is 35.0 Å². The zero-order valence-corrected chi connectivity index (χ0v) is 21.6. The molecule has 0 saturated carbocycles. The number of esters is 1. The molecule has 0 spiro atoms. The summed E-state index contributed by atoms with van der Waals surface area (Å²) >= 11 is 1.63. The molecule has 1 amide bonds. The van der Waals surface area contributed by atoms with Gasteiger partial charge in [-0.25, -0.2) is 4.79 Å². The van der Waals surface area contributed by atoms with Crippen molar-refractivity contribution in [3.05, 3.63) is 73.9 Å². The summed E-state index contributed by atoms with van der Waals surface area (Å²) in [6.07, 6.45) is 5.63. The largest absolute Gasteiger partial charge is 0.465 e. The van der Waals surface area contributed by atoms with Crippen LogP contribution in [0, 0.1) is 39.0 Å². The highest BCUT2D eigenvalue weighted by Crippen LogP contribution is 2.39. The minimum Gasteiger partial charge on any atom is -0.465 e. The van der Waals surface area contributed by atoms with E-state index in [1.165, 1.54) is 12.0 Å². The smallest absolute Gasteiger partial charge is 0.341 e. The third-order valence-corrected chi connectivity index (χ3v) is 7.79. The molecule has 0 atom stereocenters. The van der Waals surface area contributed by atoms with Gasteiger partial charge in [-0.3, -0.25) is 4.79 Å². The predicted molar refractivity (Wildman–Crippen MR) is 139 cm³/mol. The van der Waals surface area contributed by atoms with Gasteiger partial charge in [0.1, 0.15) is 16.6 Å². The predicted octanol–water partition coefficient (Wildman–Crippen LogP) is 5.98. The lowest BCUT2D eigenvalue weighted by molar-refractivity contribution is -0.112. The second-order valence-electron chi connectivity index (χ2n) is 8.99. The topological polar surface area (TPSA) is 84.1 Å². The number of fused-ring (bicyclic) bond motifs is 1. The van der Waals surface area contributed by atoms with Gasteiger partial charge < -0.3 is 14.6 Å². The number of hydrogen-bond donors (Lipinski definition) is 1. The summed E-state index contributed by atoms with van der Waals surface area (Å²) in [6, 6.07) is 9.74. The molecule has 2 aromatic heterocycles. The molecule has 1 N–H and O–H groups in total. The van der Waals surface area contributed by atoms with E-state index in [-0.39, 0.29) is 11.5 Å². The van der Waals surface area contributed by atoms with Crippen LogP contribution in [0.4, 0.5) is 5.69 Å². The van der Waals surface area contributed by atoms with E-state index in [1.54, 1.807) is 17.4 Å². The minimum atomic E-state index is -0.453. The van der Waals surface area contributed by atoms with E-state index < -0.39 is 5.91 Å². The minimum absolute atomic E-state index is 0.0175. The Bertz CT molecular complexity index is 1400. The zero-order chi connectivity index (χ0) is 25.3. The maximum Gasteiger partial charge on any atom is 0.341 e. The molecule has 0 aliphatic heterocycles. The molecule has 0 bridgehead atoms. The number of benzene rings is 1. The first-order chi connectivity index (χ1) is 16.7. The van der Waals surface area contributed by atoms with E-state index >= 15 is 0 Å². The van der Waals surface area contributed by atoms with Crippen LogP contribution < -0.4 is 5.32 Å². The van der Waals surface area contributed by atoms with Crippen LogP contribution in [0.15, 0.2) is 29.8 Å². The maximum atomic E-state index is 12.9. The summed E-state index contributed by atoms with van der Waals surface area (Å²) < 4.78 is 7.18. The van der Waals surface area contributed by atoms with Crippen molar-refractivity contribution < 1.29 is 14.3 Å². The van der Waals surface area contributed by atoms with Gasteiger partial charge in [0.15, 0.2) is 0 Å². The Balaban J connectivity index is 1.73. The van der Waals surface area contributed by atoms with Crippen molar-refractivity contribution in [1.29, 1.82) is 5.26 Å². The summed E-state index contributed by atoms with van der Waals surface area (Å²) in [5.41, 5.74) is 7.01. The standard InChI is InChI=1S/C28H29N3O3S/c1-16-10-11-23(17(2)12-16)30-26(32)21(15-29)14-20-13-18(3)31(19(20)4)27-25(28(33)34-5)22-8-6-7-9-24(22)35-27/h10-14H,6-9H2,1-5H3,(H,30,32)/b21-14-. The van der Waals surface area contributed by atoms with Gasteiger partial charge in [-0.05, 0) is 88.3 Å². The average Bonchev–Trinajstić information content (AvgIpc) is 3.34. The molecule has 0 saturated heterocycles. The number of aryl methyl sites for hydroxylation is 4. The fourth-order valence-electron chi connectivity index (χ4n) is 4.72. The second-order valence-corrected chi connectivity index (χ2v) is 10.1. The van der Waals surface area contributed by atoms with E-state index in [0.29, 0.717) is 11.3 Å². The first kappa shape index (κ1) is 24.5. The quantitative estimate of drug-likeness (QED) is 0.272. The molecule has 2 heterocycles. The van der Waals surface area contributed by atoms with Crippen LogP contribution in [0.2, 0.25) is 0 Å². The van der Waals surface area contributed by atoms with E-state index in [2.05, 4.69) is 5.32 Å². The summed E-state index contributed by atoms with van der Waals surface area (Å²) in [5, 5.41) is 13.4. The number of hydrogen-bond acceptors (Lipinski definition) is 5. The number of amides is 1. The van der Waals surface area contributed by atoms with E-state index in [4.69, 9.17) is 4.74 Å². The number of carbonyl (C=O) groups excluding carboxylic acids is 2. The SMILES string of the molecule is COC(=O)c1c(-n2c(C)cc(/C=C(/C#N)C(=O)Nc3ccc(C)cc3C)c2C)sc2c1CCCC2. The molecular weight excluding hydrogens is 458 g/mol. The third-order valence-electron chi connectivity index (χ3n) is 6.51. The van der Waals surface area contributed by atoms with Gasteiger partial charge in [0.25, 0.3) is 5.91 Å². The molecule has 7 heteroatoms. The average molecular weight is 488 g/mol. The first-order valence-electron chi connectivity index (χ1n) is 11.7. The molecule has 6 nitrogen and oxygen atoms in total. The molecule has 3 aromatic rings. The van der Waals surface area contributed by atoms with Gasteiger partial charge in [0.05, 0.1) is 12.7 Å². The molecule has 180 valence electrons. The van der Waals surface area contributed by atoms with Gasteiger partial charge in [0, 0.05) is 22.0 Å². The number of nitrogens with zero attached hydrogens (tertiary/aromatic N) is 2. The van der Waals surface area contributed by atoms with Crippen LogP contribution in [0.3, 0.4) is 0 Å². The van der Waals surface area contributed by atoms with Crippen LogP contribution in [-0.2, 0) is 22.4 Å². The normalized spacial score (nSPS) is 13.2. The summed E-state index contributed by atoms with van der Waals surface area (Å²) in [4.78, 5) is 26.9. The third kappa shape index (κ3) is 4.67. The van der Waals surface area contributed by atoms with Gasteiger partial charge in [0.2, 0.25) is 0 Å². The van der Waals surface area contributed by atoms with Crippen molar-refractivity contribution in [2.75, 3.05) is 12.4 Å². The Morgan fingerprint density at radius 3 is 2.57 bits per heavy atom. The highest BCUT2D eigenvalue weighted by Gasteiger charge is 2.28. The second kappa shape index (κ2) is 9.93. The van der Waals surface area contributed by atoms with E-state index in [1.807, 2.05) is 62.6 Å². The zero-order valence-electron chi connectivity index (χ0n) is 20.7. The molecule has 1 aliphatic rings. The lowest BCUT2D eigenvalue weighted by atomic mass is 9.95. The Kier molecular flexibility index (Phi) is 6.95. The van der Waals surface area contributed by atoms with Gasteiger partial charge in [-0.1, -0.05) is 17.7 Å². The highest BCUT2D eigenvalue weighted by atomic mass is 32.1.